The molecule has 5 rings (SSSR count). The summed E-state index contributed by atoms with van der Waals surface area (Å²) in [7, 11) is 0. The highest BCUT2D eigenvalue weighted by Crippen LogP contribution is 2.38. The molecule has 0 spiro atoms. The maximum atomic E-state index is 8.73. The van der Waals surface area contributed by atoms with Crippen LogP contribution in [-0.4, -0.2) is 29.9 Å². The Labute approximate surface area is 199 Å². The first-order valence-electron chi connectivity index (χ1n) is 11.5. The third-order valence-electron chi connectivity index (χ3n) is 5.79. The van der Waals surface area contributed by atoms with Crippen LogP contribution in [0.5, 0.6) is 11.5 Å². The topological polar surface area (TPSA) is 104 Å². The van der Waals surface area contributed by atoms with E-state index in [9.17, 15) is 0 Å². The molecule has 6 heteroatoms. The molecule has 0 amide bonds. The summed E-state index contributed by atoms with van der Waals surface area (Å²) in [6.07, 6.45) is 4.23. The molecule has 0 saturated heterocycles. The third kappa shape index (κ3) is 5.40. The van der Waals surface area contributed by atoms with E-state index in [1.807, 2.05) is 54.7 Å². The number of aryl methyl sites for hydroxylation is 1. The van der Waals surface area contributed by atoms with Crippen molar-refractivity contribution in [2.45, 2.75) is 25.8 Å². The van der Waals surface area contributed by atoms with Crippen LogP contribution >= 0.6 is 0 Å². The first-order valence-corrected chi connectivity index (χ1v) is 11.5. The number of nitrogens with zero attached hydrogens (tertiary/aromatic N) is 1. The summed E-state index contributed by atoms with van der Waals surface area (Å²) in [6.45, 7) is 1.79. The number of nitrogens with two attached hydrogens (primary N) is 1. The lowest BCUT2D eigenvalue weighted by Crippen LogP contribution is -2.17. The van der Waals surface area contributed by atoms with Crippen molar-refractivity contribution in [3.05, 3.63) is 83.6 Å². The fourth-order valence-electron chi connectivity index (χ4n) is 4.06. The van der Waals surface area contributed by atoms with E-state index in [0.717, 1.165) is 46.6 Å². The van der Waals surface area contributed by atoms with E-state index in [-0.39, 0.29) is 6.61 Å². The van der Waals surface area contributed by atoms with Crippen molar-refractivity contribution in [3.63, 3.8) is 0 Å². The van der Waals surface area contributed by atoms with Crippen LogP contribution < -0.4 is 15.2 Å². The van der Waals surface area contributed by atoms with Crippen molar-refractivity contribution in [1.29, 1.82) is 5.26 Å². The number of fused-ring (bicyclic) bond motifs is 2. The van der Waals surface area contributed by atoms with Crippen LogP contribution in [0.15, 0.2) is 66.9 Å². The lowest BCUT2D eigenvalue weighted by Gasteiger charge is -2.22. The number of aromatic nitrogens is 1. The van der Waals surface area contributed by atoms with Crippen molar-refractivity contribution in [2.24, 2.45) is 5.73 Å². The predicted molar refractivity (Wildman–Crippen MR) is 134 cm³/mol. The number of H-pyrrole nitrogens is 1. The summed E-state index contributed by atoms with van der Waals surface area (Å²) in [5.41, 5.74) is 12.4. The number of aromatic amines is 1. The Balaban J connectivity index is 0.000000180. The first-order chi connectivity index (χ1) is 16.7. The van der Waals surface area contributed by atoms with Gasteiger partial charge in [-0.05, 0) is 53.3 Å². The number of para-hydroxylation sites is 1. The fourth-order valence-corrected chi connectivity index (χ4v) is 4.06. The van der Waals surface area contributed by atoms with Crippen LogP contribution in [0.25, 0.3) is 22.0 Å². The van der Waals surface area contributed by atoms with Gasteiger partial charge < -0.3 is 25.3 Å². The molecule has 2 heterocycles. The Bertz CT molecular complexity index is 1260. The van der Waals surface area contributed by atoms with Crippen LogP contribution in [0.4, 0.5) is 0 Å². The smallest absolute Gasteiger partial charge is 0.165 e. The monoisotopic (exact) mass is 455 g/mol. The number of nitrogens with one attached hydrogen (secondary N) is 1. The van der Waals surface area contributed by atoms with Gasteiger partial charge in [0.15, 0.2) is 11.5 Å². The standard InChI is InChI=1S/C17H16N2O2.C11H13NO/c18-6-5-12-1-3-13(4-2-12)14-9-15(11-19)17-16(10-14)20-7-8-21-17;13-7-3-4-9-8-12-11-6-2-1-5-10(9)11/h1-4,9-10H,5,7-8,11,19H2;1-2,5-6,8,12-13H,3-4,7H2. The molecule has 0 unspecified atom stereocenters. The third-order valence-corrected chi connectivity index (χ3v) is 5.79. The Kier molecular flexibility index (Phi) is 7.82. The number of aliphatic hydroxyl groups excluding tert-OH is 1. The highest BCUT2D eigenvalue weighted by atomic mass is 16.6. The average molecular weight is 456 g/mol. The van der Waals surface area contributed by atoms with Gasteiger partial charge in [0.05, 0.1) is 12.5 Å². The normalized spacial score (nSPS) is 12.0. The van der Waals surface area contributed by atoms with E-state index in [4.69, 9.17) is 25.6 Å². The minimum absolute atomic E-state index is 0.263. The molecular weight excluding hydrogens is 426 g/mol. The predicted octanol–water partition coefficient (Wildman–Crippen LogP) is 4.74. The molecule has 0 aliphatic carbocycles. The van der Waals surface area contributed by atoms with Gasteiger partial charge in [-0.2, -0.15) is 5.26 Å². The fraction of sp³-hybridized carbons (Fsp3) is 0.250. The minimum Gasteiger partial charge on any atom is -0.486 e. The summed E-state index contributed by atoms with van der Waals surface area (Å²) in [5.74, 6) is 1.51. The molecule has 0 radical (unpaired) electrons. The first kappa shape index (κ1) is 23.4. The maximum Gasteiger partial charge on any atom is 0.165 e. The van der Waals surface area contributed by atoms with Crippen molar-refractivity contribution < 1.29 is 14.6 Å². The number of ether oxygens (including phenoxy) is 2. The van der Waals surface area contributed by atoms with E-state index in [0.29, 0.717) is 26.2 Å². The van der Waals surface area contributed by atoms with Gasteiger partial charge in [-0.3, -0.25) is 0 Å². The SMILES string of the molecule is N#CCc1ccc(-c2cc(CN)c3c(c2)OCCO3)cc1.OCCCc1c[nH]c2ccccc12. The Morgan fingerprint density at radius 1 is 0.971 bits per heavy atom. The lowest BCUT2D eigenvalue weighted by molar-refractivity contribution is 0.170. The Hall–Kier alpha value is -3.79. The number of hydrogen-bond donors (Lipinski definition) is 3. The van der Waals surface area contributed by atoms with Crippen LogP contribution in [-0.2, 0) is 19.4 Å². The molecule has 0 fully saturated rings. The summed E-state index contributed by atoms with van der Waals surface area (Å²) in [6, 6.07) is 22.4. The van der Waals surface area contributed by atoms with Crippen LogP contribution in [0.1, 0.15) is 23.1 Å². The van der Waals surface area contributed by atoms with Gasteiger partial charge in [-0.15, -0.1) is 0 Å². The number of rotatable bonds is 6. The summed E-state index contributed by atoms with van der Waals surface area (Å²) < 4.78 is 11.3. The number of benzene rings is 3. The van der Waals surface area contributed by atoms with E-state index in [2.05, 4.69) is 23.2 Å². The second kappa shape index (κ2) is 11.4. The molecule has 4 N–H and O–H groups in total. The highest BCUT2D eigenvalue weighted by Gasteiger charge is 2.17. The summed E-state index contributed by atoms with van der Waals surface area (Å²) in [5, 5.41) is 18.7. The maximum absolute atomic E-state index is 8.73. The van der Waals surface area contributed by atoms with Gasteiger partial charge in [0.25, 0.3) is 0 Å². The van der Waals surface area contributed by atoms with Gasteiger partial charge in [0.2, 0.25) is 0 Å². The molecule has 0 atom stereocenters. The van der Waals surface area contributed by atoms with E-state index >= 15 is 0 Å². The highest BCUT2D eigenvalue weighted by molar-refractivity contribution is 5.83. The number of nitriles is 1. The van der Waals surface area contributed by atoms with Crippen molar-refractivity contribution in [3.8, 4) is 28.7 Å². The molecule has 1 aliphatic rings. The van der Waals surface area contributed by atoms with E-state index < -0.39 is 0 Å². The van der Waals surface area contributed by atoms with Crippen molar-refractivity contribution >= 4 is 10.9 Å². The zero-order valence-electron chi connectivity index (χ0n) is 19.1. The zero-order valence-corrected chi connectivity index (χ0v) is 19.1. The van der Waals surface area contributed by atoms with Gasteiger partial charge >= 0.3 is 0 Å². The molecular formula is C28H29N3O3. The molecule has 0 bridgehead atoms. The largest absolute Gasteiger partial charge is 0.486 e. The van der Waals surface area contributed by atoms with Gasteiger partial charge in [-0.1, -0.05) is 42.5 Å². The van der Waals surface area contributed by atoms with Crippen LogP contribution in [0.2, 0.25) is 0 Å². The average Bonchev–Trinajstić information content (AvgIpc) is 3.31. The molecule has 1 aromatic heterocycles. The molecule has 34 heavy (non-hydrogen) atoms. The van der Waals surface area contributed by atoms with Gasteiger partial charge in [0.1, 0.15) is 13.2 Å². The second-order valence-electron chi connectivity index (χ2n) is 8.08. The molecule has 6 nitrogen and oxygen atoms in total. The second-order valence-corrected chi connectivity index (χ2v) is 8.08. The van der Waals surface area contributed by atoms with E-state index in [1.54, 1.807) is 0 Å². The zero-order chi connectivity index (χ0) is 23.8. The molecule has 4 aromatic rings. The lowest BCUT2D eigenvalue weighted by atomic mass is 9.99. The number of aliphatic hydroxyl groups is 1. The van der Waals surface area contributed by atoms with Gasteiger partial charge in [0, 0.05) is 35.8 Å². The van der Waals surface area contributed by atoms with Gasteiger partial charge in [-0.25, -0.2) is 0 Å². The van der Waals surface area contributed by atoms with Crippen molar-refractivity contribution in [1.82, 2.24) is 4.98 Å². The summed E-state index contributed by atoms with van der Waals surface area (Å²) in [4.78, 5) is 3.22. The number of hydrogen-bond acceptors (Lipinski definition) is 5. The van der Waals surface area contributed by atoms with Crippen molar-refractivity contribution in [2.75, 3.05) is 19.8 Å². The van der Waals surface area contributed by atoms with Crippen LogP contribution in [0, 0.1) is 11.3 Å². The minimum atomic E-state index is 0.263. The molecule has 174 valence electrons. The van der Waals surface area contributed by atoms with Crippen LogP contribution in [0.3, 0.4) is 0 Å². The Morgan fingerprint density at radius 3 is 2.53 bits per heavy atom. The van der Waals surface area contributed by atoms with E-state index in [1.165, 1.54) is 16.5 Å². The quantitative estimate of drug-likeness (QED) is 0.389. The Morgan fingerprint density at radius 2 is 1.76 bits per heavy atom. The summed E-state index contributed by atoms with van der Waals surface area (Å²) >= 11 is 0. The molecule has 1 aliphatic heterocycles. The molecule has 0 saturated carbocycles. The molecule has 3 aromatic carbocycles.